The third-order valence-corrected chi connectivity index (χ3v) is 6.46. The standard InChI is InChI=1S/C25H28N2O2S/c1-19-8-9-23(20(2)14-19)29-17-22-15-24(30-18-22)25(28)27-12-10-26(11-13-27)16-21-6-4-3-5-7-21/h3-9,14-15,18H,10-13,16-17H2,1-2H3. The van der Waals surface area contributed by atoms with Gasteiger partial charge >= 0.3 is 0 Å². The fraction of sp³-hybridized carbons (Fsp3) is 0.320. The molecule has 0 aliphatic carbocycles. The van der Waals surface area contributed by atoms with Gasteiger partial charge in [0.15, 0.2) is 0 Å². The van der Waals surface area contributed by atoms with Gasteiger partial charge in [-0.05, 0) is 42.5 Å². The van der Waals surface area contributed by atoms with E-state index in [1.54, 1.807) is 0 Å². The van der Waals surface area contributed by atoms with Crippen molar-refractivity contribution in [2.75, 3.05) is 26.2 Å². The molecule has 0 spiro atoms. The summed E-state index contributed by atoms with van der Waals surface area (Å²) >= 11 is 1.51. The van der Waals surface area contributed by atoms with Crippen LogP contribution in [0.15, 0.2) is 60.0 Å². The molecule has 2 heterocycles. The number of hydrogen-bond acceptors (Lipinski definition) is 4. The first-order chi connectivity index (χ1) is 14.6. The van der Waals surface area contributed by atoms with Gasteiger partial charge in [-0.1, -0.05) is 48.0 Å². The smallest absolute Gasteiger partial charge is 0.264 e. The lowest BCUT2D eigenvalue weighted by atomic mass is 10.1. The highest BCUT2D eigenvalue weighted by molar-refractivity contribution is 7.12. The van der Waals surface area contributed by atoms with E-state index in [1.807, 2.05) is 28.5 Å². The van der Waals surface area contributed by atoms with E-state index >= 15 is 0 Å². The lowest BCUT2D eigenvalue weighted by molar-refractivity contribution is 0.0633. The summed E-state index contributed by atoms with van der Waals surface area (Å²) in [6.45, 7) is 8.94. The molecule has 4 rings (SSSR count). The number of piperazine rings is 1. The highest BCUT2D eigenvalue weighted by Gasteiger charge is 2.23. The van der Waals surface area contributed by atoms with Crippen LogP contribution >= 0.6 is 11.3 Å². The average molecular weight is 421 g/mol. The third-order valence-electron chi connectivity index (χ3n) is 5.50. The van der Waals surface area contributed by atoms with Crippen LogP contribution in [0.3, 0.4) is 0 Å². The Morgan fingerprint density at radius 2 is 1.73 bits per heavy atom. The molecular formula is C25H28N2O2S. The van der Waals surface area contributed by atoms with Crippen molar-refractivity contribution in [1.29, 1.82) is 0 Å². The van der Waals surface area contributed by atoms with E-state index in [9.17, 15) is 4.79 Å². The second kappa shape index (κ2) is 9.45. The van der Waals surface area contributed by atoms with E-state index < -0.39 is 0 Å². The molecule has 30 heavy (non-hydrogen) atoms. The molecular weight excluding hydrogens is 392 g/mol. The lowest BCUT2D eigenvalue weighted by Crippen LogP contribution is -2.48. The fourth-order valence-electron chi connectivity index (χ4n) is 3.79. The van der Waals surface area contributed by atoms with Crippen LogP contribution in [0.25, 0.3) is 0 Å². The highest BCUT2D eigenvalue weighted by Crippen LogP contribution is 2.23. The van der Waals surface area contributed by atoms with Crippen molar-refractivity contribution >= 4 is 17.2 Å². The quantitative estimate of drug-likeness (QED) is 0.568. The number of carbonyl (C=O) groups is 1. The van der Waals surface area contributed by atoms with E-state index in [-0.39, 0.29) is 5.91 Å². The van der Waals surface area contributed by atoms with Crippen LogP contribution in [0.2, 0.25) is 0 Å². The third kappa shape index (κ3) is 5.10. The minimum absolute atomic E-state index is 0.136. The Bertz CT molecular complexity index is 991. The molecule has 4 nitrogen and oxygen atoms in total. The van der Waals surface area contributed by atoms with Crippen LogP contribution in [-0.4, -0.2) is 41.9 Å². The van der Waals surface area contributed by atoms with Gasteiger partial charge in [-0.25, -0.2) is 0 Å². The van der Waals surface area contributed by atoms with Crippen molar-refractivity contribution in [3.8, 4) is 5.75 Å². The Kier molecular flexibility index (Phi) is 6.50. The van der Waals surface area contributed by atoms with Crippen LogP contribution in [-0.2, 0) is 13.2 Å². The summed E-state index contributed by atoms with van der Waals surface area (Å²) in [4.78, 5) is 18.1. The summed E-state index contributed by atoms with van der Waals surface area (Å²) in [6.07, 6.45) is 0. The van der Waals surface area contributed by atoms with Gasteiger partial charge in [0, 0.05) is 38.3 Å². The predicted octanol–water partition coefficient (Wildman–Crippen LogP) is 4.90. The molecule has 0 radical (unpaired) electrons. The number of thiophene rings is 1. The summed E-state index contributed by atoms with van der Waals surface area (Å²) in [5.41, 5.74) is 4.73. The topological polar surface area (TPSA) is 32.8 Å². The van der Waals surface area contributed by atoms with Gasteiger partial charge < -0.3 is 9.64 Å². The average Bonchev–Trinajstić information content (AvgIpc) is 3.23. The molecule has 0 bridgehead atoms. The molecule has 1 aromatic heterocycles. The van der Waals surface area contributed by atoms with Crippen LogP contribution in [0, 0.1) is 13.8 Å². The zero-order chi connectivity index (χ0) is 20.9. The number of rotatable bonds is 6. The summed E-state index contributed by atoms with van der Waals surface area (Å²) in [5.74, 6) is 1.03. The molecule has 156 valence electrons. The zero-order valence-corrected chi connectivity index (χ0v) is 18.5. The molecule has 0 N–H and O–H groups in total. The highest BCUT2D eigenvalue weighted by atomic mass is 32.1. The molecule has 1 fully saturated rings. The first kappa shape index (κ1) is 20.6. The number of hydrogen-bond donors (Lipinski definition) is 0. The molecule has 0 saturated carbocycles. The number of aryl methyl sites for hydroxylation is 2. The summed E-state index contributed by atoms with van der Waals surface area (Å²) in [7, 11) is 0. The maximum atomic E-state index is 12.9. The maximum absolute atomic E-state index is 12.9. The molecule has 1 aliphatic rings. The summed E-state index contributed by atoms with van der Waals surface area (Å²) in [6, 6.07) is 18.7. The van der Waals surface area contributed by atoms with E-state index in [0.29, 0.717) is 6.61 Å². The van der Waals surface area contributed by atoms with Gasteiger partial charge in [0.1, 0.15) is 12.4 Å². The number of ether oxygens (including phenoxy) is 1. The maximum Gasteiger partial charge on any atom is 0.264 e. The number of benzene rings is 2. The number of nitrogens with zero attached hydrogens (tertiary/aromatic N) is 2. The number of carbonyl (C=O) groups excluding carboxylic acids is 1. The van der Waals surface area contributed by atoms with Gasteiger partial charge in [0.25, 0.3) is 5.91 Å². The van der Waals surface area contributed by atoms with Crippen molar-refractivity contribution < 1.29 is 9.53 Å². The van der Waals surface area contributed by atoms with Crippen LogP contribution in [0.4, 0.5) is 0 Å². The number of amides is 1. The zero-order valence-electron chi connectivity index (χ0n) is 17.6. The summed E-state index contributed by atoms with van der Waals surface area (Å²) in [5, 5.41) is 2.03. The van der Waals surface area contributed by atoms with E-state index in [1.165, 1.54) is 22.5 Å². The normalized spacial score (nSPS) is 14.7. The molecule has 1 amide bonds. The van der Waals surface area contributed by atoms with Gasteiger partial charge in [-0.2, -0.15) is 0 Å². The Morgan fingerprint density at radius 3 is 2.47 bits per heavy atom. The Morgan fingerprint density at radius 1 is 0.967 bits per heavy atom. The van der Waals surface area contributed by atoms with E-state index in [0.717, 1.165) is 54.5 Å². The molecule has 1 aliphatic heterocycles. The monoisotopic (exact) mass is 420 g/mol. The molecule has 0 atom stereocenters. The Labute approximate surface area is 182 Å². The van der Waals surface area contributed by atoms with Crippen LogP contribution in [0.1, 0.15) is 31.9 Å². The second-order valence-electron chi connectivity index (χ2n) is 7.93. The molecule has 3 aromatic rings. The van der Waals surface area contributed by atoms with E-state index in [2.05, 4.69) is 55.1 Å². The molecule has 5 heteroatoms. The SMILES string of the molecule is Cc1ccc(OCc2csc(C(=O)N3CCN(Cc4ccccc4)CC3)c2)c(C)c1. The largest absolute Gasteiger partial charge is 0.489 e. The van der Waals surface area contributed by atoms with Crippen molar-refractivity contribution in [3.05, 3.63) is 87.1 Å². The van der Waals surface area contributed by atoms with E-state index in [4.69, 9.17) is 4.74 Å². The fourth-order valence-corrected chi connectivity index (χ4v) is 4.66. The van der Waals surface area contributed by atoms with Crippen molar-refractivity contribution in [1.82, 2.24) is 9.80 Å². The van der Waals surface area contributed by atoms with Crippen LogP contribution < -0.4 is 4.74 Å². The van der Waals surface area contributed by atoms with Gasteiger partial charge in [-0.15, -0.1) is 11.3 Å². The summed E-state index contributed by atoms with van der Waals surface area (Å²) < 4.78 is 5.96. The minimum Gasteiger partial charge on any atom is -0.489 e. The van der Waals surface area contributed by atoms with Crippen LogP contribution in [0.5, 0.6) is 5.75 Å². The van der Waals surface area contributed by atoms with Gasteiger partial charge in [0.2, 0.25) is 0 Å². The molecule has 1 saturated heterocycles. The van der Waals surface area contributed by atoms with Gasteiger partial charge in [-0.3, -0.25) is 9.69 Å². The van der Waals surface area contributed by atoms with Crippen molar-refractivity contribution in [2.45, 2.75) is 27.0 Å². The predicted molar refractivity (Wildman–Crippen MR) is 122 cm³/mol. The first-order valence-corrected chi connectivity index (χ1v) is 11.3. The molecule has 2 aromatic carbocycles. The Hall–Kier alpha value is -2.63. The van der Waals surface area contributed by atoms with Crippen molar-refractivity contribution in [2.24, 2.45) is 0 Å². The Balaban J connectivity index is 1.29. The lowest BCUT2D eigenvalue weighted by Gasteiger charge is -2.34. The second-order valence-corrected chi connectivity index (χ2v) is 8.84. The minimum atomic E-state index is 0.136. The van der Waals surface area contributed by atoms with Crippen molar-refractivity contribution in [3.63, 3.8) is 0 Å². The van der Waals surface area contributed by atoms with Gasteiger partial charge in [0.05, 0.1) is 4.88 Å². The first-order valence-electron chi connectivity index (χ1n) is 10.4. The molecule has 0 unspecified atom stereocenters.